The van der Waals surface area contributed by atoms with Crippen LogP contribution in [0.5, 0.6) is 17.2 Å². The molecule has 1 aromatic heterocycles. The summed E-state index contributed by atoms with van der Waals surface area (Å²) in [7, 11) is 1.36. The predicted octanol–water partition coefficient (Wildman–Crippen LogP) is 4.60. The van der Waals surface area contributed by atoms with Gasteiger partial charge in [0.15, 0.2) is 5.78 Å². The Morgan fingerprint density at radius 2 is 1.69 bits per heavy atom. The van der Waals surface area contributed by atoms with Gasteiger partial charge in [0, 0.05) is 18.7 Å². The van der Waals surface area contributed by atoms with E-state index in [2.05, 4.69) is 5.10 Å². The summed E-state index contributed by atoms with van der Waals surface area (Å²) in [6.07, 6.45) is 1.39. The first-order valence-electron chi connectivity index (χ1n) is 9.82. The number of hydrogen-bond acceptors (Lipinski definition) is 5. The monoisotopic (exact) mass is 430 g/mol. The summed E-state index contributed by atoms with van der Waals surface area (Å²) in [6, 6.07) is 21.6. The number of benzene rings is 3. The van der Waals surface area contributed by atoms with Gasteiger partial charge < -0.3 is 9.47 Å². The number of hydrogen-bond donors (Lipinski definition) is 0. The van der Waals surface area contributed by atoms with Crippen molar-refractivity contribution in [3.05, 3.63) is 112 Å². The maximum absolute atomic E-state index is 13.5. The second kappa shape index (κ2) is 9.26. The van der Waals surface area contributed by atoms with Crippen LogP contribution in [0.3, 0.4) is 0 Å². The lowest BCUT2D eigenvalue weighted by Crippen LogP contribution is -2.28. The number of methoxy groups -OCH3 is 1. The number of ether oxygens (including phenoxy) is 2. The standard InChI is InChI=1S/C25H19FN2O4/c1-31-24-16-18(26)9-12-22(24)28-25(30)21(13-14-27-28)23(29)15-17-7-10-20(11-8-17)32-19-5-3-2-4-6-19/h2-14,16H,15H2,1H3. The van der Waals surface area contributed by atoms with Crippen molar-refractivity contribution >= 4 is 5.78 Å². The Hall–Kier alpha value is -4.26. The molecule has 6 nitrogen and oxygen atoms in total. The molecular weight excluding hydrogens is 411 g/mol. The van der Waals surface area contributed by atoms with E-state index >= 15 is 0 Å². The summed E-state index contributed by atoms with van der Waals surface area (Å²) in [4.78, 5) is 25.8. The second-order valence-electron chi connectivity index (χ2n) is 6.94. The zero-order valence-corrected chi connectivity index (χ0v) is 17.2. The summed E-state index contributed by atoms with van der Waals surface area (Å²) < 4.78 is 25.4. The SMILES string of the molecule is COc1cc(F)ccc1-n1nccc(C(=O)Cc2ccc(Oc3ccccc3)cc2)c1=O. The third kappa shape index (κ3) is 4.57. The van der Waals surface area contributed by atoms with Crippen molar-refractivity contribution in [1.82, 2.24) is 9.78 Å². The Balaban J connectivity index is 1.54. The fourth-order valence-electron chi connectivity index (χ4n) is 3.20. The minimum Gasteiger partial charge on any atom is -0.494 e. The maximum Gasteiger partial charge on any atom is 0.282 e. The van der Waals surface area contributed by atoms with E-state index in [0.29, 0.717) is 11.5 Å². The van der Waals surface area contributed by atoms with E-state index in [1.165, 1.54) is 31.5 Å². The van der Waals surface area contributed by atoms with Crippen molar-refractivity contribution in [2.45, 2.75) is 6.42 Å². The minimum atomic E-state index is -0.605. The number of carbonyl (C=O) groups is 1. The molecule has 160 valence electrons. The molecular formula is C25H19FN2O4. The molecule has 7 heteroatoms. The highest BCUT2D eigenvalue weighted by Gasteiger charge is 2.17. The fourth-order valence-corrected chi connectivity index (χ4v) is 3.20. The average molecular weight is 430 g/mol. The Labute approximate surface area is 183 Å². The molecule has 3 aromatic carbocycles. The summed E-state index contributed by atoms with van der Waals surface area (Å²) in [5, 5.41) is 4.02. The van der Waals surface area contributed by atoms with Crippen LogP contribution in [0.2, 0.25) is 0 Å². The number of halogens is 1. The van der Waals surface area contributed by atoms with Crippen LogP contribution >= 0.6 is 0 Å². The third-order valence-corrected chi connectivity index (χ3v) is 4.78. The lowest BCUT2D eigenvalue weighted by molar-refractivity contribution is 0.0991. The van der Waals surface area contributed by atoms with Crippen molar-refractivity contribution in [2.24, 2.45) is 0 Å². The van der Waals surface area contributed by atoms with Crippen LogP contribution in [0.15, 0.2) is 89.9 Å². The molecule has 32 heavy (non-hydrogen) atoms. The molecule has 0 saturated carbocycles. The van der Waals surface area contributed by atoms with E-state index in [9.17, 15) is 14.0 Å². The zero-order valence-electron chi connectivity index (χ0n) is 17.2. The van der Waals surface area contributed by atoms with Crippen LogP contribution in [0.4, 0.5) is 4.39 Å². The first-order chi connectivity index (χ1) is 15.5. The van der Waals surface area contributed by atoms with Crippen molar-refractivity contribution in [1.29, 1.82) is 0 Å². The van der Waals surface area contributed by atoms with Gasteiger partial charge in [-0.2, -0.15) is 9.78 Å². The average Bonchev–Trinajstić information content (AvgIpc) is 2.81. The Morgan fingerprint density at radius 1 is 0.969 bits per heavy atom. The molecule has 0 bridgehead atoms. The lowest BCUT2D eigenvalue weighted by atomic mass is 10.0. The van der Waals surface area contributed by atoms with Crippen LogP contribution in [-0.4, -0.2) is 22.7 Å². The number of aromatic nitrogens is 2. The normalized spacial score (nSPS) is 10.6. The smallest absolute Gasteiger partial charge is 0.282 e. The molecule has 4 rings (SSSR count). The van der Waals surface area contributed by atoms with Gasteiger partial charge >= 0.3 is 0 Å². The Morgan fingerprint density at radius 3 is 2.41 bits per heavy atom. The van der Waals surface area contributed by atoms with Gasteiger partial charge in [-0.25, -0.2) is 4.39 Å². The molecule has 1 heterocycles. The predicted molar refractivity (Wildman–Crippen MR) is 117 cm³/mol. The lowest BCUT2D eigenvalue weighted by Gasteiger charge is -2.11. The van der Waals surface area contributed by atoms with Crippen molar-refractivity contribution in [3.8, 4) is 22.9 Å². The molecule has 0 N–H and O–H groups in total. The number of nitrogens with zero attached hydrogens (tertiary/aromatic N) is 2. The van der Waals surface area contributed by atoms with Gasteiger partial charge in [0.1, 0.15) is 28.8 Å². The molecule has 0 aliphatic rings. The molecule has 0 aliphatic carbocycles. The van der Waals surface area contributed by atoms with Gasteiger partial charge in [0.25, 0.3) is 5.56 Å². The molecule has 0 radical (unpaired) electrons. The first kappa shape index (κ1) is 21.0. The third-order valence-electron chi connectivity index (χ3n) is 4.78. The van der Waals surface area contributed by atoms with Crippen molar-refractivity contribution < 1.29 is 18.7 Å². The molecule has 0 saturated heterocycles. The number of carbonyl (C=O) groups excluding carboxylic acids is 1. The number of para-hydroxylation sites is 1. The van der Waals surface area contributed by atoms with E-state index in [1.807, 2.05) is 30.3 Å². The van der Waals surface area contributed by atoms with Gasteiger partial charge in [-0.05, 0) is 48.0 Å². The summed E-state index contributed by atoms with van der Waals surface area (Å²) in [6.45, 7) is 0. The Kier molecular flexibility index (Phi) is 6.07. The van der Waals surface area contributed by atoms with Crippen molar-refractivity contribution in [2.75, 3.05) is 7.11 Å². The summed E-state index contributed by atoms with van der Waals surface area (Å²) in [5.41, 5.74) is 0.357. The highest BCUT2D eigenvalue weighted by Crippen LogP contribution is 2.23. The molecule has 0 aliphatic heterocycles. The van der Waals surface area contributed by atoms with E-state index in [-0.39, 0.29) is 29.2 Å². The molecule has 0 fully saturated rings. The molecule has 0 unspecified atom stereocenters. The molecule has 4 aromatic rings. The van der Waals surface area contributed by atoms with E-state index in [1.54, 1.807) is 24.3 Å². The molecule has 0 amide bonds. The van der Waals surface area contributed by atoms with Crippen LogP contribution in [-0.2, 0) is 6.42 Å². The largest absolute Gasteiger partial charge is 0.494 e. The van der Waals surface area contributed by atoms with E-state index < -0.39 is 11.4 Å². The van der Waals surface area contributed by atoms with Gasteiger partial charge in [0.2, 0.25) is 0 Å². The van der Waals surface area contributed by atoms with Gasteiger partial charge in [0.05, 0.1) is 12.7 Å². The fraction of sp³-hybridized carbons (Fsp3) is 0.0800. The zero-order chi connectivity index (χ0) is 22.5. The van der Waals surface area contributed by atoms with Crippen LogP contribution in [0.1, 0.15) is 15.9 Å². The van der Waals surface area contributed by atoms with Crippen LogP contribution in [0.25, 0.3) is 5.69 Å². The van der Waals surface area contributed by atoms with E-state index in [0.717, 1.165) is 16.3 Å². The second-order valence-corrected chi connectivity index (χ2v) is 6.94. The van der Waals surface area contributed by atoms with E-state index in [4.69, 9.17) is 9.47 Å². The number of rotatable bonds is 7. The van der Waals surface area contributed by atoms with Gasteiger partial charge in [-0.1, -0.05) is 30.3 Å². The quantitative estimate of drug-likeness (QED) is 0.401. The van der Waals surface area contributed by atoms with Gasteiger partial charge in [-0.15, -0.1) is 0 Å². The first-order valence-corrected chi connectivity index (χ1v) is 9.82. The summed E-state index contributed by atoms with van der Waals surface area (Å²) in [5.74, 6) is 0.625. The highest BCUT2D eigenvalue weighted by atomic mass is 19.1. The Bertz CT molecular complexity index is 1300. The van der Waals surface area contributed by atoms with Crippen LogP contribution in [0, 0.1) is 5.82 Å². The van der Waals surface area contributed by atoms with Gasteiger partial charge in [-0.3, -0.25) is 9.59 Å². The number of Topliss-reactive ketones (excluding diaryl/α,β-unsaturated/α-hetero) is 1. The summed E-state index contributed by atoms with van der Waals surface area (Å²) >= 11 is 0. The molecule has 0 atom stereocenters. The molecule has 0 spiro atoms. The highest BCUT2D eigenvalue weighted by molar-refractivity contribution is 5.97. The minimum absolute atomic E-state index is 0.0176. The topological polar surface area (TPSA) is 70.4 Å². The number of ketones is 1. The van der Waals surface area contributed by atoms with Crippen molar-refractivity contribution in [3.63, 3.8) is 0 Å². The maximum atomic E-state index is 13.5. The van der Waals surface area contributed by atoms with Crippen LogP contribution < -0.4 is 15.0 Å².